The van der Waals surface area contributed by atoms with E-state index in [-0.39, 0.29) is 16.1 Å². The molecule has 80 valence electrons. The van der Waals surface area contributed by atoms with Gasteiger partial charge in [-0.3, -0.25) is 4.79 Å². The number of carbonyl (C=O) groups excluding carboxylic acids is 1. The topological polar surface area (TPSA) is 29.1 Å². The molecule has 0 aromatic heterocycles. The van der Waals surface area contributed by atoms with Crippen LogP contribution in [0.4, 0.5) is 14.5 Å². The normalized spacial score (nSPS) is 17.5. The molecule has 1 aliphatic rings. The number of fused-ring (bicyclic) bond motifs is 1. The third-order valence-electron chi connectivity index (χ3n) is 2.60. The standard InChI is InChI=1S/C10H8BrF2NO/c1-10(2)6-7(11)4(12)3-5(13)8(6)14-9(10)15/h3H,1-2H3,(H,14,15). The van der Waals surface area contributed by atoms with Crippen LogP contribution in [-0.2, 0) is 10.2 Å². The van der Waals surface area contributed by atoms with E-state index in [9.17, 15) is 13.6 Å². The largest absolute Gasteiger partial charge is 0.323 e. The van der Waals surface area contributed by atoms with Crippen LogP contribution in [-0.4, -0.2) is 5.91 Å². The second kappa shape index (κ2) is 3.01. The number of nitrogens with one attached hydrogen (secondary N) is 1. The van der Waals surface area contributed by atoms with Crippen LogP contribution in [0.3, 0.4) is 0 Å². The third kappa shape index (κ3) is 1.29. The summed E-state index contributed by atoms with van der Waals surface area (Å²) in [4.78, 5) is 11.5. The van der Waals surface area contributed by atoms with Gasteiger partial charge in [0, 0.05) is 11.6 Å². The van der Waals surface area contributed by atoms with Crippen LogP contribution in [0.5, 0.6) is 0 Å². The van der Waals surface area contributed by atoms with Gasteiger partial charge in [0.15, 0.2) is 0 Å². The summed E-state index contributed by atoms with van der Waals surface area (Å²) in [5.41, 5.74) is -0.514. The zero-order valence-electron chi connectivity index (χ0n) is 8.12. The summed E-state index contributed by atoms with van der Waals surface area (Å²) >= 11 is 3.03. The fraction of sp³-hybridized carbons (Fsp3) is 0.300. The molecule has 1 aliphatic heterocycles. The maximum atomic E-state index is 13.4. The fourth-order valence-corrected chi connectivity index (χ4v) is 2.50. The highest BCUT2D eigenvalue weighted by atomic mass is 79.9. The molecule has 0 saturated heterocycles. The van der Waals surface area contributed by atoms with E-state index in [1.165, 1.54) is 0 Å². The minimum absolute atomic E-state index is 0.0678. The van der Waals surface area contributed by atoms with Crippen LogP contribution < -0.4 is 5.32 Å². The molecule has 0 bridgehead atoms. The highest BCUT2D eigenvalue weighted by molar-refractivity contribution is 9.10. The Morgan fingerprint density at radius 2 is 1.93 bits per heavy atom. The summed E-state index contributed by atoms with van der Waals surface area (Å²) in [5, 5.41) is 2.41. The number of hydrogen-bond donors (Lipinski definition) is 1. The van der Waals surface area contributed by atoms with Crippen molar-refractivity contribution in [2.24, 2.45) is 0 Å². The molecule has 0 saturated carbocycles. The summed E-state index contributed by atoms with van der Waals surface area (Å²) in [7, 11) is 0. The predicted octanol–water partition coefficient (Wildman–Crippen LogP) is 2.96. The highest BCUT2D eigenvalue weighted by Gasteiger charge is 2.42. The van der Waals surface area contributed by atoms with Gasteiger partial charge in [-0.15, -0.1) is 0 Å². The first kappa shape index (κ1) is 10.5. The molecule has 15 heavy (non-hydrogen) atoms. The van der Waals surface area contributed by atoms with Gasteiger partial charge in [-0.1, -0.05) is 0 Å². The van der Waals surface area contributed by atoms with E-state index in [1.807, 2.05) is 0 Å². The fourth-order valence-electron chi connectivity index (χ4n) is 1.69. The van der Waals surface area contributed by atoms with E-state index in [2.05, 4.69) is 21.2 Å². The lowest BCUT2D eigenvalue weighted by Gasteiger charge is -2.16. The second-order valence-electron chi connectivity index (χ2n) is 3.98. The van der Waals surface area contributed by atoms with Gasteiger partial charge >= 0.3 is 0 Å². The highest BCUT2D eigenvalue weighted by Crippen LogP contribution is 2.44. The van der Waals surface area contributed by atoms with Gasteiger partial charge in [-0.2, -0.15) is 0 Å². The van der Waals surface area contributed by atoms with E-state index in [0.717, 1.165) is 6.07 Å². The van der Waals surface area contributed by atoms with Crippen LogP contribution >= 0.6 is 15.9 Å². The second-order valence-corrected chi connectivity index (χ2v) is 4.78. The monoisotopic (exact) mass is 275 g/mol. The third-order valence-corrected chi connectivity index (χ3v) is 3.38. The van der Waals surface area contributed by atoms with Crippen molar-refractivity contribution in [1.29, 1.82) is 0 Å². The van der Waals surface area contributed by atoms with Gasteiger partial charge in [0.25, 0.3) is 0 Å². The average molecular weight is 276 g/mol. The van der Waals surface area contributed by atoms with E-state index < -0.39 is 17.0 Å². The number of halogens is 3. The van der Waals surface area contributed by atoms with Gasteiger partial charge in [0.1, 0.15) is 11.6 Å². The number of rotatable bonds is 0. The summed E-state index contributed by atoms with van der Waals surface area (Å²) < 4.78 is 26.8. The molecule has 2 rings (SSSR count). The van der Waals surface area contributed by atoms with Crippen molar-refractivity contribution in [2.75, 3.05) is 5.32 Å². The van der Waals surface area contributed by atoms with Crippen molar-refractivity contribution in [3.05, 3.63) is 27.7 Å². The molecule has 0 unspecified atom stereocenters. The lowest BCUT2D eigenvalue weighted by molar-refractivity contribution is -0.119. The molecule has 5 heteroatoms. The van der Waals surface area contributed by atoms with Gasteiger partial charge in [0.05, 0.1) is 15.6 Å². The van der Waals surface area contributed by atoms with Crippen LogP contribution in [0, 0.1) is 11.6 Å². The van der Waals surface area contributed by atoms with E-state index in [0.29, 0.717) is 5.56 Å². The van der Waals surface area contributed by atoms with E-state index >= 15 is 0 Å². The number of amides is 1. The molecule has 1 N–H and O–H groups in total. The van der Waals surface area contributed by atoms with Crippen molar-refractivity contribution in [2.45, 2.75) is 19.3 Å². The Hall–Kier alpha value is -0.970. The zero-order chi connectivity index (χ0) is 11.4. The van der Waals surface area contributed by atoms with Crippen LogP contribution in [0.25, 0.3) is 0 Å². The molecule has 2 nitrogen and oxygen atoms in total. The first-order valence-corrected chi connectivity index (χ1v) is 5.14. The van der Waals surface area contributed by atoms with Crippen molar-refractivity contribution >= 4 is 27.5 Å². The van der Waals surface area contributed by atoms with Crippen molar-refractivity contribution in [1.82, 2.24) is 0 Å². The maximum absolute atomic E-state index is 13.4. The number of carbonyl (C=O) groups is 1. The minimum Gasteiger partial charge on any atom is -0.323 e. The molecule has 1 heterocycles. The number of anilines is 1. The number of benzene rings is 1. The molecule has 1 amide bonds. The van der Waals surface area contributed by atoms with E-state index in [1.54, 1.807) is 13.8 Å². The molecule has 0 aliphatic carbocycles. The van der Waals surface area contributed by atoms with Crippen LogP contribution in [0.1, 0.15) is 19.4 Å². The first-order valence-electron chi connectivity index (χ1n) is 4.35. The summed E-state index contributed by atoms with van der Waals surface area (Å²) in [6.07, 6.45) is 0. The molecular formula is C10H8BrF2NO. The quantitative estimate of drug-likeness (QED) is 0.725. The molecule has 1 aromatic rings. The van der Waals surface area contributed by atoms with Gasteiger partial charge in [-0.05, 0) is 29.8 Å². The predicted molar refractivity (Wildman–Crippen MR) is 55.7 cm³/mol. The maximum Gasteiger partial charge on any atom is 0.234 e. The number of hydrogen-bond acceptors (Lipinski definition) is 1. The van der Waals surface area contributed by atoms with Crippen molar-refractivity contribution < 1.29 is 13.6 Å². The summed E-state index contributed by atoms with van der Waals surface area (Å²) in [6, 6.07) is 0.755. The smallest absolute Gasteiger partial charge is 0.234 e. The van der Waals surface area contributed by atoms with Crippen molar-refractivity contribution in [3.8, 4) is 0 Å². The Balaban J connectivity index is 2.81. The lowest BCUT2D eigenvalue weighted by atomic mass is 9.86. The Morgan fingerprint density at radius 1 is 1.33 bits per heavy atom. The summed E-state index contributed by atoms with van der Waals surface area (Å²) in [5.74, 6) is -1.77. The zero-order valence-corrected chi connectivity index (χ0v) is 9.71. The Morgan fingerprint density at radius 3 is 2.53 bits per heavy atom. The average Bonchev–Trinajstić information content (AvgIpc) is 2.36. The van der Waals surface area contributed by atoms with Crippen LogP contribution in [0.15, 0.2) is 10.5 Å². The molecule has 1 aromatic carbocycles. The molecule has 0 spiro atoms. The molecular weight excluding hydrogens is 268 g/mol. The SMILES string of the molecule is CC1(C)C(=O)Nc2c(F)cc(F)c(Br)c21. The minimum atomic E-state index is -0.920. The van der Waals surface area contributed by atoms with Gasteiger partial charge in [0.2, 0.25) is 5.91 Å². The molecule has 0 radical (unpaired) electrons. The Bertz CT molecular complexity index is 471. The first-order chi connectivity index (χ1) is 6.85. The van der Waals surface area contributed by atoms with Gasteiger partial charge in [-0.25, -0.2) is 8.78 Å². The van der Waals surface area contributed by atoms with Crippen LogP contribution in [0.2, 0.25) is 0 Å². The summed E-state index contributed by atoms with van der Waals surface area (Å²) in [6.45, 7) is 3.25. The van der Waals surface area contributed by atoms with E-state index in [4.69, 9.17) is 0 Å². The molecule has 0 atom stereocenters. The Kier molecular flexibility index (Phi) is 2.12. The Labute approximate surface area is 93.8 Å². The van der Waals surface area contributed by atoms with Crippen molar-refractivity contribution in [3.63, 3.8) is 0 Å². The molecule has 0 fully saturated rings. The van der Waals surface area contributed by atoms with Gasteiger partial charge < -0.3 is 5.32 Å². The lowest BCUT2D eigenvalue weighted by Crippen LogP contribution is -2.27.